The fourth-order valence-corrected chi connectivity index (χ4v) is 4.26. The molecule has 168 valence electrons. The maximum Gasteiger partial charge on any atom is 0.242 e. The number of amides is 2. The fourth-order valence-electron chi connectivity index (χ4n) is 2.85. The van der Waals surface area contributed by atoms with Crippen molar-refractivity contribution < 1.29 is 14.0 Å². The molecule has 0 aromatic heterocycles. The Bertz CT molecular complexity index is 893. The summed E-state index contributed by atoms with van der Waals surface area (Å²) in [4.78, 5) is 27.3. The molecule has 0 aliphatic heterocycles. The van der Waals surface area contributed by atoms with E-state index >= 15 is 0 Å². The highest BCUT2D eigenvalue weighted by atomic mass is 35.5. The zero-order chi connectivity index (χ0) is 23.0. The number of rotatable bonds is 10. The number of nitrogens with one attached hydrogen (secondary N) is 1. The summed E-state index contributed by atoms with van der Waals surface area (Å²) in [5.74, 6) is -0.346. The van der Waals surface area contributed by atoms with E-state index in [4.69, 9.17) is 23.2 Å². The van der Waals surface area contributed by atoms with Crippen molar-refractivity contribution in [1.29, 1.82) is 0 Å². The Kier molecular flexibility index (Phi) is 10.1. The quantitative estimate of drug-likeness (QED) is 0.470. The molecule has 0 aliphatic rings. The van der Waals surface area contributed by atoms with Gasteiger partial charge in [-0.3, -0.25) is 9.59 Å². The number of nitrogens with zero attached hydrogens (tertiary/aromatic N) is 1. The average molecular weight is 485 g/mol. The van der Waals surface area contributed by atoms with Gasteiger partial charge in [0.05, 0.1) is 5.75 Å². The highest BCUT2D eigenvalue weighted by Gasteiger charge is 2.28. The fraction of sp³-hybridized carbons (Fsp3) is 0.391. The van der Waals surface area contributed by atoms with Crippen molar-refractivity contribution in [2.45, 2.75) is 51.6 Å². The normalized spacial score (nSPS) is 12.8. The van der Waals surface area contributed by atoms with Gasteiger partial charge in [0, 0.05) is 33.9 Å². The van der Waals surface area contributed by atoms with Gasteiger partial charge in [-0.1, -0.05) is 54.4 Å². The van der Waals surface area contributed by atoms with Crippen LogP contribution in [0, 0.1) is 5.82 Å². The van der Waals surface area contributed by atoms with E-state index in [0.717, 1.165) is 6.42 Å². The molecule has 2 rings (SSSR count). The lowest BCUT2D eigenvalue weighted by molar-refractivity contribution is -0.138. The minimum absolute atomic E-state index is 0.00812. The van der Waals surface area contributed by atoms with Crippen LogP contribution in [0.4, 0.5) is 4.39 Å². The van der Waals surface area contributed by atoms with E-state index in [9.17, 15) is 14.0 Å². The Hall–Kier alpha value is -1.76. The van der Waals surface area contributed by atoms with Gasteiger partial charge in [0.15, 0.2) is 0 Å². The first kappa shape index (κ1) is 25.5. The first-order valence-electron chi connectivity index (χ1n) is 10.1. The molecule has 0 unspecified atom stereocenters. The molecule has 0 saturated carbocycles. The molecule has 1 N–H and O–H groups in total. The van der Waals surface area contributed by atoms with Gasteiger partial charge in [-0.05, 0) is 44.0 Å². The first-order chi connectivity index (χ1) is 14.7. The summed E-state index contributed by atoms with van der Waals surface area (Å²) in [5, 5.41) is 3.77. The molecule has 2 amide bonds. The molecule has 0 fully saturated rings. The maximum atomic E-state index is 13.8. The van der Waals surface area contributed by atoms with E-state index in [2.05, 4.69) is 5.32 Å². The van der Waals surface area contributed by atoms with Gasteiger partial charge in [0.1, 0.15) is 11.9 Å². The molecule has 2 aromatic rings. The Morgan fingerprint density at radius 2 is 1.74 bits per heavy atom. The van der Waals surface area contributed by atoms with Gasteiger partial charge in [-0.25, -0.2) is 4.39 Å². The minimum Gasteiger partial charge on any atom is -0.352 e. The van der Waals surface area contributed by atoms with Gasteiger partial charge in [-0.2, -0.15) is 0 Å². The van der Waals surface area contributed by atoms with E-state index in [1.807, 2.05) is 13.8 Å². The van der Waals surface area contributed by atoms with Crippen molar-refractivity contribution in [3.05, 3.63) is 69.5 Å². The molecule has 31 heavy (non-hydrogen) atoms. The summed E-state index contributed by atoms with van der Waals surface area (Å²) < 4.78 is 13.8. The zero-order valence-corrected chi connectivity index (χ0v) is 20.2. The Balaban J connectivity index is 2.16. The Morgan fingerprint density at radius 1 is 1.10 bits per heavy atom. The van der Waals surface area contributed by atoms with Crippen molar-refractivity contribution in [2.24, 2.45) is 0 Å². The maximum absolute atomic E-state index is 13.8. The molecule has 0 spiro atoms. The third-order valence-electron chi connectivity index (χ3n) is 5.00. The second-order valence-corrected chi connectivity index (χ2v) is 9.10. The van der Waals surface area contributed by atoms with Crippen LogP contribution in [0.3, 0.4) is 0 Å². The smallest absolute Gasteiger partial charge is 0.242 e. The predicted molar refractivity (Wildman–Crippen MR) is 127 cm³/mol. The van der Waals surface area contributed by atoms with Gasteiger partial charge < -0.3 is 10.2 Å². The lowest BCUT2D eigenvalue weighted by Gasteiger charge is -2.30. The van der Waals surface area contributed by atoms with Crippen LogP contribution < -0.4 is 5.32 Å². The molecule has 0 radical (unpaired) electrons. The summed E-state index contributed by atoms with van der Waals surface area (Å²) in [6.07, 6.45) is 0.779. The molecule has 0 aliphatic carbocycles. The summed E-state index contributed by atoms with van der Waals surface area (Å²) in [6, 6.07) is 10.9. The number of halogens is 3. The van der Waals surface area contributed by atoms with Crippen molar-refractivity contribution in [1.82, 2.24) is 10.2 Å². The van der Waals surface area contributed by atoms with Crippen LogP contribution in [-0.2, 0) is 21.9 Å². The number of carbonyl (C=O) groups excluding carboxylic acids is 2. The van der Waals surface area contributed by atoms with Gasteiger partial charge in [0.25, 0.3) is 0 Å². The predicted octanol–water partition coefficient (Wildman–Crippen LogP) is 5.70. The number of benzene rings is 2. The zero-order valence-electron chi connectivity index (χ0n) is 17.8. The summed E-state index contributed by atoms with van der Waals surface area (Å²) >= 11 is 13.9. The van der Waals surface area contributed by atoms with Gasteiger partial charge in [-0.15, -0.1) is 11.8 Å². The third-order valence-corrected chi connectivity index (χ3v) is 6.67. The number of hydrogen-bond acceptors (Lipinski definition) is 3. The highest BCUT2D eigenvalue weighted by Crippen LogP contribution is 2.27. The number of hydrogen-bond donors (Lipinski definition) is 1. The Labute approximate surface area is 197 Å². The van der Waals surface area contributed by atoms with Crippen LogP contribution in [0.1, 0.15) is 38.3 Å². The van der Waals surface area contributed by atoms with Crippen molar-refractivity contribution in [3.8, 4) is 0 Å². The first-order valence-corrected chi connectivity index (χ1v) is 12.0. The van der Waals surface area contributed by atoms with Crippen molar-refractivity contribution in [2.75, 3.05) is 5.75 Å². The lowest BCUT2D eigenvalue weighted by Crippen LogP contribution is -2.50. The molecular weight excluding hydrogens is 458 g/mol. The molecule has 0 heterocycles. The standard InChI is InChI=1S/C23H27Cl2FN2O2S/c1-4-15(2)27-23(30)16(3)28(12-18-19(24)9-7-10-20(18)25)22(29)14-31-13-17-8-5-6-11-21(17)26/h5-11,15-16H,4,12-14H2,1-3H3,(H,27,30)/t15-,16-/m0/s1. The van der Waals surface area contributed by atoms with Crippen molar-refractivity contribution >= 4 is 46.8 Å². The van der Waals surface area contributed by atoms with E-state index in [-0.39, 0.29) is 36.0 Å². The van der Waals surface area contributed by atoms with E-state index in [1.165, 1.54) is 22.7 Å². The summed E-state index contributed by atoms with van der Waals surface area (Å²) in [6.45, 7) is 5.67. The molecule has 2 aromatic carbocycles. The van der Waals surface area contributed by atoms with Crippen LogP contribution in [0.2, 0.25) is 10.0 Å². The largest absolute Gasteiger partial charge is 0.352 e. The minimum atomic E-state index is -0.720. The third kappa shape index (κ3) is 7.41. The lowest BCUT2D eigenvalue weighted by atomic mass is 10.1. The van der Waals surface area contributed by atoms with E-state index < -0.39 is 6.04 Å². The molecular formula is C23H27Cl2FN2O2S. The SMILES string of the molecule is CC[C@H](C)NC(=O)[C@H](C)N(Cc1c(Cl)cccc1Cl)C(=O)CSCc1ccccc1F. The summed E-state index contributed by atoms with van der Waals surface area (Å²) in [5.41, 5.74) is 1.12. The van der Waals surface area contributed by atoms with Crippen molar-refractivity contribution in [3.63, 3.8) is 0 Å². The molecule has 2 atom stereocenters. The van der Waals surface area contributed by atoms with Gasteiger partial charge >= 0.3 is 0 Å². The second-order valence-electron chi connectivity index (χ2n) is 7.30. The Morgan fingerprint density at radius 3 is 2.35 bits per heavy atom. The van der Waals surface area contributed by atoms with E-state index in [1.54, 1.807) is 43.3 Å². The molecule has 4 nitrogen and oxygen atoms in total. The number of carbonyl (C=O) groups is 2. The topological polar surface area (TPSA) is 49.4 Å². The van der Waals surface area contributed by atoms with Crippen LogP contribution in [0.15, 0.2) is 42.5 Å². The average Bonchev–Trinajstić information content (AvgIpc) is 2.74. The van der Waals surface area contributed by atoms with Gasteiger partial charge in [0.2, 0.25) is 11.8 Å². The summed E-state index contributed by atoms with van der Waals surface area (Å²) in [7, 11) is 0. The van der Waals surface area contributed by atoms with Crippen LogP contribution in [-0.4, -0.2) is 34.6 Å². The monoisotopic (exact) mass is 484 g/mol. The molecule has 8 heteroatoms. The molecule has 0 bridgehead atoms. The van der Waals surface area contributed by atoms with Crippen LogP contribution in [0.5, 0.6) is 0 Å². The van der Waals surface area contributed by atoms with Crippen LogP contribution in [0.25, 0.3) is 0 Å². The molecule has 0 saturated heterocycles. The second kappa shape index (κ2) is 12.3. The highest BCUT2D eigenvalue weighted by molar-refractivity contribution is 7.99. The number of thioether (sulfide) groups is 1. The van der Waals surface area contributed by atoms with E-state index in [0.29, 0.717) is 26.9 Å². The van der Waals surface area contributed by atoms with Crippen LogP contribution >= 0.6 is 35.0 Å².